The lowest BCUT2D eigenvalue weighted by molar-refractivity contribution is -0.119. The van der Waals surface area contributed by atoms with Gasteiger partial charge in [0.25, 0.3) is 5.91 Å². The van der Waals surface area contributed by atoms with Crippen molar-refractivity contribution >= 4 is 17.5 Å². The van der Waals surface area contributed by atoms with E-state index >= 15 is 0 Å². The molecule has 1 aromatic heterocycles. The standard InChI is InChI=1S/C18H20N2O4/c1-20(18(23)12-8-9-12)14-6-3-2-5-13(14)17(22)19-11-15(21)16-7-4-10-24-16/h2-7,10,12,15,21H,8-9,11H2,1H3,(H,19,22). The van der Waals surface area contributed by atoms with Crippen LogP contribution in [0.15, 0.2) is 47.1 Å². The van der Waals surface area contributed by atoms with Crippen molar-refractivity contribution < 1.29 is 19.1 Å². The third-order valence-electron chi connectivity index (χ3n) is 4.09. The second kappa shape index (κ2) is 6.88. The fraction of sp³-hybridized carbons (Fsp3) is 0.333. The Hall–Kier alpha value is -2.60. The average molecular weight is 328 g/mol. The fourth-order valence-corrected chi connectivity index (χ4v) is 2.55. The minimum Gasteiger partial charge on any atom is -0.467 e. The SMILES string of the molecule is CN(C(=O)C1CC1)c1ccccc1C(=O)NCC(O)c1ccco1. The summed E-state index contributed by atoms with van der Waals surface area (Å²) < 4.78 is 5.11. The van der Waals surface area contributed by atoms with E-state index in [1.165, 1.54) is 11.2 Å². The lowest BCUT2D eigenvalue weighted by Gasteiger charge is -2.20. The monoisotopic (exact) mass is 328 g/mol. The lowest BCUT2D eigenvalue weighted by atomic mass is 10.1. The number of nitrogens with zero attached hydrogens (tertiary/aromatic N) is 1. The first-order chi connectivity index (χ1) is 11.6. The number of nitrogens with one attached hydrogen (secondary N) is 1. The minimum atomic E-state index is -0.915. The summed E-state index contributed by atoms with van der Waals surface area (Å²) in [6, 6.07) is 10.3. The summed E-state index contributed by atoms with van der Waals surface area (Å²) in [6.07, 6.45) is 2.37. The predicted octanol–water partition coefficient (Wildman–Crippen LogP) is 2.12. The smallest absolute Gasteiger partial charge is 0.253 e. The first-order valence-electron chi connectivity index (χ1n) is 7.94. The van der Waals surface area contributed by atoms with E-state index < -0.39 is 6.10 Å². The molecular formula is C18H20N2O4. The first kappa shape index (κ1) is 16.3. The molecule has 2 amide bonds. The summed E-state index contributed by atoms with van der Waals surface area (Å²) in [4.78, 5) is 26.2. The number of hydrogen-bond acceptors (Lipinski definition) is 4. The molecule has 1 aromatic carbocycles. The molecule has 6 nitrogen and oxygen atoms in total. The molecule has 3 rings (SSSR count). The van der Waals surface area contributed by atoms with Gasteiger partial charge in [-0.3, -0.25) is 9.59 Å². The number of carbonyl (C=O) groups is 2. The van der Waals surface area contributed by atoms with Gasteiger partial charge in [0.1, 0.15) is 11.9 Å². The van der Waals surface area contributed by atoms with E-state index in [1.54, 1.807) is 43.4 Å². The highest BCUT2D eigenvalue weighted by atomic mass is 16.4. The molecule has 1 unspecified atom stereocenters. The minimum absolute atomic E-state index is 0.0287. The summed E-state index contributed by atoms with van der Waals surface area (Å²) in [6.45, 7) is 0.0287. The molecule has 24 heavy (non-hydrogen) atoms. The summed E-state index contributed by atoms with van der Waals surface area (Å²) in [7, 11) is 1.68. The molecule has 126 valence electrons. The van der Waals surface area contributed by atoms with Crippen molar-refractivity contribution in [2.45, 2.75) is 18.9 Å². The van der Waals surface area contributed by atoms with Gasteiger partial charge in [-0.1, -0.05) is 12.1 Å². The number of furan rings is 1. The molecule has 0 saturated heterocycles. The Balaban J connectivity index is 1.69. The average Bonchev–Trinajstić information content (AvgIpc) is 3.32. The van der Waals surface area contributed by atoms with Crippen molar-refractivity contribution in [3.8, 4) is 0 Å². The van der Waals surface area contributed by atoms with E-state index in [1.807, 2.05) is 0 Å². The maximum absolute atomic E-state index is 12.5. The summed E-state index contributed by atoms with van der Waals surface area (Å²) >= 11 is 0. The van der Waals surface area contributed by atoms with Crippen LogP contribution in [0.4, 0.5) is 5.69 Å². The molecule has 0 aliphatic heterocycles. The summed E-state index contributed by atoms with van der Waals surface area (Å²) in [5.41, 5.74) is 0.972. The topological polar surface area (TPSA) is 82.8 Å². The summed E-state index contributed by atoms with van der Waals surface area (Å²) in [5.74, 6) is 0.161. The number of anilines is 1. The molecule has 0 spiro atoms. The molecule has 1 fully saturated rings. The number of hydrogen-bond donors (Lipinski definition) is 2. The lowest BCUT2D eigenvalue weighted by Crippen LogP contribution is -2.33. The number of aliphatic hydroxyl groups is 1. The Morgan fingerprint density at radius 3 is 2.71 bits per heavy atom. The van der Waals surface area contributed by atoms with E-state index in [0.717, 1.165) is 12.8 Å². The van der Waals surface area contributed by atoms with Crippen molar-refractivity contribution in [2.24, 2.45) is 5.92 Å². The van der Waals surface area contributed by atoms with E-state index in [9.17, 15) is 14.7 Å². The van der Waals surface area contributed by atoms with Crippen LogP contribution in [0, 0.1) is 5.92 Å². The number of carbonyl (C=O) groups excluding carboxylic acids is 2. The highest BCUT2D eigenvalue weighted by Gasteiger charge is 2.33. The van der Waals surface area contributed by atoms with Gasteiger partial charge in [0.05, 0.1) is 24.1 Å². The van der Waals surface area contributed by atoms with Crippen molar-refractivity contribution in [1.29, 1.82) is 0 Å². The molecule has 1 atom stereocenters. The highest BCUT2D eigenvalue weighted by molar-refractivity contribution is 6.05. The number of benzene rings is 1. The second-order valence-corrected chi connectivity index (χ2v) is 5.93. The number of rotatable bonds is 6. The van der Waals surface area contributed by atoms with Gasteiger partial charge in [-0.2, -0.15) is 0 Å². The first-order valence-corrected chi connectivity index (χ1v) is 7.94. The third-order valence-corrected chi connectivity index (χ3v) is 4.09. The quantitative estimate of drug-likeness (QED) is 0.851. The zero-order chi connectivity index (χ0) is 17.1. The Labute approximate surface area is 140 Å². The van der Waals surface area contributed by atoms with Crippen LogP contribution in [0.1, 0.15) is 35.1 Å². The zero-order valence-corrected chi connectivity index (χ0v) is 13.4. The largest absolute Gasteiger partial charge is 0.467 e. The maximum Gasteiger partial charge on any atom is 0.253 e. The molecular weight excluding hydrogens is 308 g/mol. The van der Waals surface area contributed by atoms with Crippen molar-refractivity contribution in [3.63, 3.8) is 0 Å². The Bertz CT molecular complexity index is 722. The van der Waals surface area contributed by atoms with Crippen LogP contribution in [-0.4, -0.2) is 30.5 Å². The van der Waals surface area contributed by atoms with Gasteiger partial charge in [-0.25, -0.2) is 0 Å². The van der Waals surface area contributed by atoms with E-state index in [2.05, 4.69) is 5.32 Å². The van der Waals surface area contributed by atoms with Gasteiger partial charge in [-0.05, 0) is 37.1 Å². The van der Waals surface area contributed by atoms with Gasteiger partial charge in [0.2, 0.25) is 5.91 Å². The number of aliphatic hydroxyl groups excluding tert-OH is 1. The molecule has 1 heterocycles. The Kier molecular flexibility index (Phi) is 4.66. The highest BCUT2D eigenvalue weighted by Crippen LogP contribution is 2.33. The summed E-state index contributed by atoms with van der Waals surface area (Å²) in [5, 5.41) is 12.7. The van der Waals surface area contributed by atoms with Gasteiger partial charge in [0.15, 0.2) is 0 Å². The number of amides is 2. The van der Waals surface area contributed by atoms with Crippen LogP contribution in [0.2, 0.25) is 0 Å². The predicted molar refractivity (Wildman–Crippen MR) is 88.6 cm³/mol. The molecule has 0 radical (unpaired) electrons. The molecule has 1 saturated carbocycles. The van der Waals surface area contributed by atoms with Crippen LogP contribution in [0.5, 0.6) is 0 Å². The van der Waals surface area contributed by atoms with Crippen molar-refractivity contribution in [3.05, 3.63) is 54.0 Å². The van der Waals surface area contributed by atoms with Crippen molar-refractivity contribution in [1.82, 2.24) is 5.32 Å². The van der Waals surface area contributed by atoms with Crippen LogP contribution in [0.25, 0.3) is 0 Å². The fourth-order valence-electron chi connectivity index (χ4n) is 2.55. The molecule has 1 aliphatic carbocycles. The van der Waals surface area contributed by atoms with Crippen LogP contribution >= 0.6 is 0 Å². The maximum atomic E-state index is 12.5. The van der Waals surface area contributed by atoms with Crippen LogP contribution in [0.3, 0.4) is 0 Å². The van der Waals surface area contributed by atoms with Crippen molar-refractivity contribution in [2.75, 3.05) is 18.5 Å². The van der Waals surface area contributed by atoms with E-state index in [-0.39, 0.29) is 24.3 Å². The molecule has 2 aromatic rings. The second-order valence-electron chi connectivity index (χ2n) is 5.93. The molecule has 1 aliphatic rings. The van der Waals surface area contributed by atoms with Gasteiger partial charge >= 0.3 is 0 Å². The molecule has 0 bridgehead atoms. The van der Waals surface area contributed by atoms with Crippen LogP contribution < -0.4 is 10.2 Å². The Morgan fingerprint density at radius 1 is 1.29 bits per heavy atom. The van der Waals surface area contributed by atoms with E-state index in [4.69, 9.17) is 4.42 Å². The normalized spacial score (nSPS) is 14.9. The third kappa shape index (κ3) is 3.49. The van der Waals surface area contributed by atoms with Gasteiger partial charge < -0.3 is 19.7 Å². The molecule has 2 N–H and O–H groups in total. The van der Waals surface area contributed by atoms with Gasteiger partial charge in [-0.15, -0.1) is 0 Å². The zero-order valence-electron chi connectivity index (χ0n) is 13.4. The Morgan fingerprint density at radius 2 is 2.04 bits per heavy atom. The van der Waals surface area contributed by atoms with Gasteiger partial charge in [0, 0.05) is 13.0 Å². The number of para-hydroxylation sites is 1. The van der Waals surface area contributed by atoms with Crippen LogP contribution in [-0.2, 0) is 4.79 Å². The van der Waals surface area contributed by atoms with E-state index in [0.29, 0.717) is 17.0 Å². The molecule has 6 heteroatoms.